The summed E-state index contributed by atoms with van der Waals surface area (Å²) in [4.78, 5) is 24.5. The summed E-state index contributed by atoms with van der Waals surface area (Å²) in [5.74, 6) is -0.427. The zero-order chi connectivity index (χ0) is 19.0. The van der Waals surface area contributed by atoms with E-state index in [9.17, 15) is 9.59 Å². The monoisotopic (exact) mass is 346 g/mol. The van der Waals surface area contributed by atoms with Gasteiger partial charge in [0.25, 0.3) is 0 Å². The number of rotatable bonds is 3. The quantitative estimate of drug-likeness (QED) is 0.861. The predicted octanol–water partition coefficient (Wildman–Crippen LogP) is 3.45. The van der Waals surface area contributed by atoms with Crippen molar-refractivity contribution in [3.8, 4) is 0 Å². The molecule has 136 valence electrons. The highest BCUT2D eigenvalue weighted by Crippen LogP contribution is 2.33. The van der Waals surface area contributed by atoms with Gasteiger partial charge in [-0.1, -0.05) is 13.8 Å². The highest BCUT2D eigenvalue weighted by atomic mass is 16.6. The Morgan fingerprint density at radius 1 is 1.16 bits per heavy atom. The van der Waals surface area contributed by atoms with E-state index in [0.717, 1.165) is 10.9 Å². The first-order chi connectivity index (χ1) is 11.5. The van der Waals surface area contributed by atoms with Crippen molar-refractivity contribution in [2.45, 2.75) is 45.6 Å². The summed E-state index contributed by atoms with van der Waals surface area (Å²) in [6.07, 6.45) is 1.27. The summed E-state index contributed by atoms with van der Waals surface area (Å²) in [6.45, 7) is 9.82. The summed E-state index contributed by atoms with van der Waals surface area (Å²) in [6, 6.07) is 5.09. The van der Waals surface area contributed by atoms with E-state index < -0.39 is 17.7 Å². The molecular weight excluding hydrogens is 320 g/mol. The number of carbonyl (C=O) groups excluding carboxylic acids is 2. The molecule has 1 heterocycles. The molecule has 0 spiro atoms. The van der Waals surface area contributed by atoms with Gasteiger partial charge in [-0.25, -0.2) is 9.59 Å². The second-order valence-electron chi connectivity index (χ2n) is 7.70. The molecule has 0 radical (unpaired) electrons. The van der Waals surface area contributed by atoms with Crippen LogP contribution in [0, 0.1) is 0 Å². The second kappa shape index (κ2) is 6.52. The number of hydrogen-bond donors (Lipinski definition) is 1. The highest BCUT2D eigenvalue weighted by molar-refractivity contribution is 5.99. The van der Waals surface area contributed by atoms with Crippen molar-refractivity contribution in [1.29, 1.82) is 0 Å². The summed E-state index contributed by atoms with van der Waals surface area (Å²) >= 11 is 0. The number of nitrogens with two attached hydrogens (primary N) is 1. The van der Waals surface area contributed by atoms with E-state index in [1.807, 2.05) is 34.6 Å². The van der Waals surface area contributed by atoms with Gasteiger partial charge in [-0.3, -0.25) is 4.57 Å². The molecule has 0 aliphatic rings. The molecule has 6 heteroatoms. The Hall–Kier alpha value is -2.34. The van der Waals surface area contributed by atoms with Gasteiger partial charge in [0.2, 0.25) is 0 Å². The smallest absolute Gasteiger partial charge is 0.419 e. The Kier molecular flexibility index (Phi) is 4.95. The Morgan fingerprint density at radius 3 is 2.32 bits per heavy atom. The van der Waals surface area contributed by atoms with Crippen LogP contribution in [0.5, 0.6) is 0 Å². The summed E-state index contributed by atoms with van der Waals surface area (Å²) in [5.41, 5.74) is 6.90. The van der Waals surface area contributed by atoms with Crippen molar-refractivity contribution in [3.63, 3.8) is 0 Å². The molecule has 0 atom stereocenters. The van der Waals surface area contributed by atoms with Gasteiger partial charge >= 0.3 is 12.1 Å². The first-order valence-corrected chi connectivity index (χ1v) is 8.17. The molecule has 2 rings (SSSR count). The lowest BCUT2D eigenvalue weighted by molar-refractivity contribution is 0.0543. The van der Waals surface area contributed by atoms with Crippen LogP contribution in [-0.4, -0.2) is 35.9 Å². The van der Waals surface area contributed by atoms with E-state index in [1.54, 1.807) is 24.4 Å². The molecular formula is C19H26N2O4. The van der Waals surface area contributed by atoms with Crippen molar-refractivity contribution >= 4 is 23.0 Å². The molecule has 2 aromatic rings. The fourth-order valence-corrected chi connectivity index (χ4v) is 2.59. The van der Waals surface area contributed by atoms with Gasteiger partial charge in [0.05, 0.1) is 18.2 Å². The number of methoxy groups -OCH3 is 1. The van der Waals surface area contributed by atoms with Gasteiger partial charge in [0, 0.05) is 23.5 Å². The van der Waals surface area contributed by atoms with Crippen LogP contribution in [0.1, 0.15) is 50.5 Å². The maximum absolute atomic E-state index is 12.6. The molecule has 0 saturated carbocycles. The van der Waals surface area contributed by atoms with E-state index >= 15 is 0 Å². The van der Waals surface area contributed by atoms with Crippen LogP contribution in [0.3, 0.4) is 0 Å². The maximum atomic E-state index is 12.6. The second-order valence-corrected chi connectivity index (χ2v) is 7.70. The van der Waals surface area contributed by atoms with Gasteiger partial charge in [0.1, 0.15) is 5.60 Å². The van der Waals surface area contributed by atoms with Crippen LogP contribution in [0.2, 0.25) is 0 Å². The summed E-state index contributed by atoms with van der Waals surface area (Å²) < 4.78 is 11.8. The predicted molar refractivity (Wildman–Crippen MR) is 97.0 cm³/mol. The van der Waals surface area contributed by atoms with Gasteiger partial charge in [-0.2, -0.15) is 0 Å². The molecule has 0 aliphatic carbocycles. The van der Waals surface area contributed by atoms with E-state index in [4.69, 9.17) is 15.2 Å². The fraction of sp³-hybridized carbons (Fsp3) is 0.474. The standard InChI is InChI=1S/C19H26N2O4/c1-18(2,3)25-17(23)21-10-14(19(4,5)11-20)13-9-12(16(22)24-6)7-8-15(13)21/h7-10H,11,20H2,1-6H3. The largest absolute Gasteiger partial charge is 0.465 e. The van der Waals surface area contributed by atoms with Gasteiger partial charge < -0.3 is 15.2 Å². The third kappa shape index (κ3) is 3.85. The molecule has 0 bridgehead atoms. The van der Waals surface area contributed by atoms with Gasteiger partial charge in [-0.05, 0) is 44.5 Å². The highest BCUT2D eigenvalue weighted by Gasteiger charge is 2.27. The third-order valence-electron chi connectivity index (χ3n) is 4.06. The van der Waals surface area contributed by atoms with Gasteiger partial charge in [0.15, 0.2) is 0 Å². The summed E-state index contributed by atoms with van der Waals surface area (Å²) in [7, 11) is 1.34. The van der Waals surface area contributed by atoms with E-state index in [-0.39, 0.29) is 5.41 Å². The zero-order valence-corrected chi connectivity index (χ0v) is 15.7. The average Bonchev–Trinajstić information content (AvgIpc) is 2.92. The molecule has 2 N–H and O–H groups in total. The molecule has 1 aromatic heterocycles. The van der Waals surface area contributed by atoms with Crippen LogP contribution < -0.4 is 5.73 Å². The number of hydrogen-bond acceptors (Lipinski definition) is 5. The van der Waals surface area contributed by atoms with E-state index in [2.05, 4.69) is 0 Å². The minimum Gasteiger partial charge on any atom is -0.465 e. The molecule has 0 aliphatic heterocycles. The van der Waals surface area contributed by atoms with Crippen molar-refractivity contribution in [2.75, 3.05) is 13.7 Å². The van der Waals surface area contributed by atoms with Crippen LogP contribution in [0.4, 0.5) is 4.79 Å². The van der Waals surface area contributed by atoms with Gasteiger partial charge in [-0.15, -0.1) is 0 Å². The van der Waals surface area contributed by atoms with E-state index in [1.165, 1.54) is 11.7 Å². The SMILES string of the molecule is COC(=O)c1ccc2c(c1)c(C(C)(C)CN)cn2C(=O)OC(C)(C)C. The first kappa shape index (κ1) is 19.0. The summed E-state index contributed by atoms with van der Waals surface area (Å²) in [5, 5.41) is 0.782. The molecule has 0 fully saturated rings. The van der Waals surface area contributed by atoms with Crippen LogP contribution in [0.25, 0.3) is 10.9 Å². The number of aromatic nitrogens is 1. The molecule has 1 aromatic carbocycles. The minimum atomic E-state index is -0.608. The first-order valence-electron chi connectivity index (χ1n) is 8.17. The zero-order valence-electron chi connectivity index (χ0n) is 15.7. The number of ether oxygens (including phenoxy) is 2. The lowest BCUT2D eigenvalue weighted by Gasteiger charge is -2.22. The topological polar surface area (TPSA) is 83.5 Å². The molecule has 6 nitrogen and oxygen atoms in total. The minimum absolute atomic E-state index is 0.375. The molecule has 0 saturated heterocycles. The molecule has 0 amide bonds. The van der Waals surface area contributed by atoms with Crippen molar-refractivity contribution < 1.29 is 19.1 Å². The average molecular weight is 346 g/mol. The lowest BCUT2D eigenvalue weighted by Crippen LogP contribution is -2.28. The van der Waals surface area contributed by atoms with Crippen LogP contribution in [-0.2, 0) is 14.9 Å². The fourth-order valence-electron chi connectivity index (χ4n) is 2.59. The number of nitrogens with zero attached hydrogens (tertiary/aromatic N) is 1. The number of benzene rings is 1. The molecule has 0 unspecified atom stereocenters. The number of carbonyl (C=O) groups is 2. The van der Waals surface area contributed by atoms with Crippen molar-refractivity contribution in [3.05, 3.63) is 35.5 Å². The normalized spacial score (nSPS) is 12.3. The maximum Gasteiger partial charge on any atom is 0.419 e. The van der Waals surface area contributed by atoms with E-state index in [0.29, 0.717) is 17.6 Å². The Balaban J connectivity index is 2.69. The Morgan fingerprint density at radius 2 is 1.80 bits per heavy atom. The van der Waals surface area contributed by atoms with Crippen molar-refractivity contribution in [1.82, 2.24) is 4.57 Å². The number of fused-ring (bicyclic) bond motifs is 1. The third-order valence-corrected chi connectivity index (χ3v) is 4.06. The molecule has 25 heavy (non-hydrogen) atoms. The van der Waals surface area contributed by atoms with Crippen molar-refractivity contribution in [2.24, 2.45) is 5.73 Å². The Bertz CT molecular complexity index is 813. The van der Waals surface area contributed by atoms with Crippen LogP contribution >= 0.6 is 0 Å². The van der Waals surface area contributed by atoms with Crippen LogP contribution in [0.15, 0.2) is 24.4 Å². The number of esters is 1. The Labute approximate surface area is 147 Å². The lowest BCUT2D eigenvalue weighted by atomic mass is 9.84.